The topological polar surface area (TPSA) is 115 Å². The van der Waals surface area contributed by atoms with Gasteiger partial charge < -0.3 is 30.7 Å². The highest BCUT2D eigenvalue weighted by molar-refractivity contribution is 6.20. The summed E-state index contributed by atoms with van der Waals surface area (Å²) in [5, 5.41) is 4.89. The van der Waals surface area contributed by atoms with E-state index in [1.807, 2.05) is 29.2 Å². The molecule has 3 heterocycles. The first-order chi connectivity index (χ1) is 16.8. The minimum absolute atomic E-state index is 0.0168. The molecule has 9 heteroatoms. The summed E-state index contributed by atoms with van der Waals surface area (Å²) in [6.45, 7) is 6.23. The van der Waals surface area contributed by atoms with Gasteiger partial charge in [0.2, 0.25) is 5.91 Å². The first-order valence-electron chi connectivity index (χ1n) is 12.2. The predicted octanol–water partition coefficient (Wildman–Crippen LogP) is 1.91. The molecule has 0 aliphatic carbocycles. The van der Waals surface area contributed by atoms with Gasteiger partial charge in [0.1, 0.15) is 0 Å². The Kier molecular flexibility index (Phi) is 6.10. The molecule has 2 fully saturated rings. The van der Waals surface area contributed by atoms with Gasteiger partial charge in [-0.15, -0.1) is 0 Å². The van der Waals surface area contributed by atoms with Gasteiger partial charge >= 0.3 is 0 Å². The van der Waals surface area contributed by atoms with Crippen LogP contribution in [0.1, 0.15) is 40.5 Å². The summed E-state index contributed by atoms with van der Waals surface area (Å²) >= 11 is 0. The van der Waals surface area contributed by atoms with Gasteiger partial charge in [-0.25, -0.2) is 0 Å². The first kappa shape index (κ1) is 23.2. The van der Waals surface area contributed by atoms with E-state index in [-0.39, 0.29) is 17.9 Å². The average Bonchev–Trinajstić information content (AvgIpc) is 3.22. The third-order valence-corrected chi connectivity index (χ3v) is 7.20. The van der Waals surface area contributed by atoms with Crippen molar-refractivity contribution in [2.24, 2.45) is 5.73 Å². The number of aromatic nitrogens is 1. The standard InChI is InChI=1S/C26H32N6O3/c1-16(33)28-18-4-3-9-32(15-18)22-8-7-20(25(27)34)24-23(22)19-6-5-17(14-21(19)29-24)26(35)31-12-10-30(2)11-13-31/h5-8,14,18,29H,3-4,9-13,15H2,1-2H3,(H2,27,34)(H,28,33). The summed E-state index contributed by atoms with van der Waals surface area (Å²) in [6.07, 6.45) is 1.89. The number of amides is 3. The third kappa shape index (κ3) is 4.43. The number of likely N-dealkylation sites (N-methyl/N-ethyl adjacent to an activating group) is 1. The normalized spacial score (nSPS) is 19.3. The van der Waals surface area contributed by atoms with Crippen molar-refractivity contribution >= 4 is 45.2 Å². The molecule has 35 heavy (non-hydrogen) atoms. The zero-order valence-electron chi connectivity index (χ0n) is 20.3. The van der Waals surface area contributed by atoms with Gasteiger partial charge in [-0.3, -0.25) is 14.4 Å². The van der Waals surface area contributed by atoms with Crippen molar-refractivity contribution < 1.29 is 14.4 Å². The van der Waals surface area contributed by atoms with Crippen molar-refractivity contribution in [1.82, 2.24) is 20.1 Å². The molecule has 2 aromatic carbocycles. The number of aromatic amines is 1. The van der Waals surface area contributed by atoms with Gasteiger partial charge in [-0.2, -0.15) is 0 Å². The van der Waals surface area contributed by atoms with Crippen LogP contribution >= 0.6 is 0 Å². The van der Waals surface area contributed by atoms with Crippen LogP contribution in [0.3, 0.4) is 0 Å². The lowest BCUT2D eigenvalue weighted by Gasteiger charge is -2.35. The van der Waals surface area contributed by atoms with E-state index in [4.69, 9.17) is 5.73 Å². The van der Waals surface area contributed by atoms with Gasteiger partial charge in [-0.1, -0.05) is 6.07 Å². The highest BCUT2D eigenvalue weighted by Gasteiger charge is 2.26. The maximum absolute atomic E-state index is 13.2. The number of rotatable bonds is 4. The van der Waals surface area contributed by atoms with E-state index in [0.717, 1.165) is 54.5 Å². The Bertz CT molecular complexity index is 1310. The van der Waals surface area contributed by atoms with Crippen LogP contribution in [0.15, 0.2) is 30.3 Å². The highest BCUT2D eigenvalue weighted by atomic mass is 16.2. The molecule has 1 atom stereocenters. The van der Waals surface area contributed by atoms with E-state index in [1.54, 1.807) is 13.0 Å². The van der Waals surface area contributed by atoms with E-state index in [1.165, 1.54) is 0 Å². The molecule has 1 unspecified atom stereocenters. The van der Waals surface area contributed by atoms with Gasteiger partial charge in [0.15, 0.2) is 0 Å². The Morgan fingerprint density at radius 3 is 2.54 bits per heavy atom. The van der Waals surface area contributed by atoms with Crippen LogP contribution in [0.4, 0.5) is 5.69 Å². The van der Waals surface area contributed by atoms with Crippen LogP contribution < -0.4 is 16.0 Å². The van der Waals surface area contributed by atoms with Gasteiger partial charge in [-0.05, 0) is 44.2 Å². The number of hydrogen-bond donors (Lipinski definition) is 3. The number of nitrogens with two attached hydrogens (primary N) is 1. The number of fused-ring (bicyclic) bond motifs is 3. The number of hydrogen-bond acceptors (Lipinski definition) is 5. The maximum atomic E-state index is 13.2. The summed E-state index contributed by atoms with van der Waals surface area (Å²) in [7, 11) is 2.06. The summed E-state index contributed by atoms with van der Waals surface area (Å²) in [5.41, 5.74) is 9.22. The van der Waals surface area contributed by atoms with Crippen LogP contribution in [-0.2, 0) is 4.79 Å². The summed E-state index contributed by atoms with van der Waals surface area (Å²) in [6, 6.07) is 9.47. The summed E-state index contributed by atoms with van der Waals surface area (Å²) in [4.78, 5) is 46.8. The van der Waals surface area contributed by atoms with E-state index < -0.39 is 5.91 Å². The number of carbonyl (C=O) groups excluding carboxylic acids is 3. The highest BCUT2D eigenvalue weighted by Crippen LogP contribution is 2.37. The fourth-order valence-corrected chi connectivity index (χ4v) is 5.39. The Hall–Kier alpha value is -3.59. The lowest BCUT2D eigenvalue weighted by Crippen LogP contribution is -2.47. The number of nitrogens with one attached hydrogen (secondary N) is 2. The fraction of sp³-hybridized carbons (Fsp3) is 0.423. The number of nitrogens with zero attached hydrogens (tertiary/aromatic N) is 3. The number of H-pyrrole nitrogens is 1. The molecular formula is C26H32N6O3. The minimum atomic E-state index is -0.503. The number of benzene rings is 2. The number of piperidine rings is 1. The zero-order chi connectivity index (χ0) is 24.7. The molecule has 1 aromatic heterocycles. The second kappa shape index (κ2) is 9.22. The lowest BCUT2D eigenvalue weighted by molar-refractivity contribution is -0.119. The average molecular weight is 477 g/mol. The Labute approximate surface area is 204 Å². The summed E-state index contributed by atoms with van der Waals surface area (Å²) < 4.78 is 0. The van der Waals surface area contributed by atoms with Crippen LogP contribution in [0.5, 0.6) is 0 Å². The van der Waals surface area contributed by atoms with Crippen molar-refractivity contribution in [1.29, 1.82) is 0 Å². The van der Waals surface area contributed by atoms with Crippen molar-refractivity contribution in [2.45, 2.75) is 25.8 Å². The quantitative estimate of drug-likeness (QED) is 0.532. The molecule has 0 bridgehead atoms. The van der Waals surface area contributed by atoms with Crippen LogP contribution in [0.25, 0.3) is 21.8 Å². The van der Waals surface area contributed by atoms with Crippen molar-refractivity contribution in [3.05, 3.63) is 41.5 Å². The predicted molar refractivity (Wildman–Crippen MR) is 137 cm³/mol. The molecule has 2 aliphatic rings. The fourth-order valence-electron chi connectivity index (χ4n) is 5.39. The Morgan fingerprint density at radius 2 is 1.83 bits per heavy atom. The summed E-state index contributed by atoms with van der Waals surface area (Å²) in [5.74, 6) is -0.518. The second-order valence-corrected chi connectivity index (χ2v) is 9.71. The maximum Gasteiger partial charge on any atom is 0.254 e. The van der Waals surface area contributed by atoms with Crippen LogP contribution in [0.2, 0.25) is 0 Å². The number of anilines is 1. The van der Waals surface area contributed by atoms with Crippen LogP contribution in [-0.4, -0.2) is 84.9 Å². The van der Waals surface area contributed by atoms with E-state index in [0.29, 0.717) is 36.3 Å². The van der Waals surface area contributed by atoms with Gasteiger partial charge in [0.25, 0.3) is 11.8 Å². The molecular weight excluding hydrogens is 444 g/mol. The van der Waals surface area contributed by atoms with Gasteiger partial charge in [0.05, 0.1) is 11.1 Å². The molecule has 0 spiro atoms. The molecule has 9 nitrogen and oxygen atoms in total. The smallest absolute Gasteiger partial charge is 0.254 e. The number of carbonyl (C=O) groups is 3. The SMILES string of the molecule is CC(=O)NC1CCCN(c2ccc(C(N)=O)c3[nH]c4cc(C(=O)N5CCN(C)CC5)ccc4c23)C1. The zero-order valence-corrected chi connectivity index (χ0v) is 20.3. The second-order valence-electron chi connectivity index (χ2n) is 9.71. The minimum Gasteiger partial charge on any atom is -0.369 e. The number of primary amides is 1. The molecule has 5 rings (SSSR count). The molecule has 2 aliphatic heterocycles. The molecule has 4 N–H and O–H groups in total. The van der Waals surface area contributed by atoms with E-state index >= 15 is 0 Å². The van der Waals surface area contributed by atoms with Gasteiger partial charge in [0, 0.05) is 79.8 Å². The van der Waals surface area contributed by atoms with Crippen molar-refractivity contribution in [3.63, 3.8) is 0 Å². The van der Waals surface area contributed by atoms with Crippen LogP contribution in [0, 0.1) is 0 Å². The molecule has 184 valence electrons. The van der Waals surface area contributed by atoms with Crippen molar-refractivity contribution in [3.8, 4) is 0 Å². The van der Waals surface area contributed by atoms with E-state index in [2.05, 4.69) is 27.1 Å². The van der Waals surface area contributed by atoms with Crippen molar-refractivity contribution in [2.75, 3.05) is 51.2 Å². The largest absolute Gasteiger partial charge is 0.369 e. The number of piperazine rings is 1. The monoisotopic (exact) mass is 476 g/mol. The van der Waals surface area contributed by atoms with E-state index in [9.17, 15) is 14.4 Å². The Morgan fingerprint density at radius 1 is 1.06 bits per heavy atom. The molecule has 0 radical (unpaired) electrons. The molecule has 0 saturated carbocycles. The first-order valence-corrected chi connectivity index (χ1v) is 12.2. The lowest BCUT2D eigenvalue weighted by atomic mass is 10.0. The third-order valence-electron chi connectivity index (χ3n) is 7.20. The molecule has 2 saturated heterocycles. The molecule has 3 amide bonds. The Balaban J connectivity index is 1.56. The molecule has 3 aromatic rings.